The molecule has 4 rings (SSSR count). The minimum Gasteiger partial charge on any atom is -0.478 e. The number of halogens is 2. The smallest absolute Gasteiger partial charge is 0.337 e. The molecule has 0 aliphatic heterocycles. The van der Waals surface area contributed by atoms with Gasteiger partial charge in [-0.15, -0.1) is 0 Å². The fourth-order valence-electron chi connectivity index (χ4n) is 3.32. The van der Waals surface area contributed by atoms with Gasteiger partial charge in [0.2, 0.25) is 0 Å². The summed E-state index contributed by atoms with van der Waals surface area (Å²) in [6, 6.07) is 20.3. The molecule has 0 bridgehead atoms. The monoisotopic (exact) mass is 450 g/mol. The second-order valence-corrected chi connectivity index (χ2v) is 7.04. The third-order valence-electron chi connectivity index (χ3n) is 4.78. The Hall–Kier alpha value is -4.17. The molecule has 4 aromatic rings. The van der Waals surface area contributed by atoms with Gasteiger partial charge in [-0.2, -0.15) is 0 Å². The molecule has 1 heterocycles. The predicted octanol–water partition coefficient (Wildman–Crippen LogP) is 5.72. The molecule has 0 amide bonds. The third-order valence-corrected chi connectivity index (χ3v) is 4.78. The average Bonchev–Trinajstić information content (AvgIpc) is 3.17. The molecule has 0 atom stereocenters. The third kappa shape index (κ3) is 5.19. The number of nitrogens with zero attached hydrogens (tertiary/aromatic N) is 1. The van der Waals surface area contributed by atoms with E-state index in [1.165, 1.54) is 24.4 Å². The zero-order valence-electron chi connectivity index (χ0n) is 17.4. The van der Waals surface area contributed by atoms with E-state index < -0.39 is 18.5 Å². The van der Waals surface area contributed by atoms with E-state index in [1.54, 1.807) is 35.0 Å². The number of ether oxygens (including phenoxy) is 1. The number of fused-ring (bicyclic) bond motifs is 1. The Morgan fingerprint density at radius 3 is 2.58 bits per heavy atom. The van der Waals surface area contributed by atoms with Crippen LogP contribution in [0, 0.1) is 5.82 Å². The van der Waals surface area contributed by atoms with Crippen molar-refractivity contribution in [2.75, 3.05) is 13.3 Å². The highest BCUT2D eigenvalue weighted by molar-refractivity contribution is 6.04. The van der Waals surface area contributed by atoms with E-state index in [0.29, 0.717) is 28.3 Å². The summed E-state index contributed by atoms with van der Waals surface area (Å²) in [5.74, 6) is -0.504. The van der Waals surface area contributed by atoms with Crippen LogP contribution < -0.4 is 10.2 Å². The van der Waals surface area contributed by atoms with Gasteiger partial charge in [-0.3, -0.25) is 10.3 Å². The van der Waals surface area contributed by atoms with Crippen molar-refractivity contribution in [3.05, 3.63) is 95.9 Å². The number of hydrogen-bond acceptors (Lipinski definition) is 4. The van der Waals surface area contributed by atoms with E-state index in [4.69, 9.17) is 9.57 Å². The fourth-order valence-corrected chi connectivity index (χ4v) is 3.32. The summed E-state index contributed by atoms with van der Waals surface area (Å²) in [5, 5.41) is 9.79. The van der Waals surface area contributed by atoms with Crippen LogP contribution in [0.2, 0.25) is 0 Å². The van der Waals surface area contributed by atoms with Gasteiger partial charge in [0.1, 0.15) is 30.6 Å². The molecule has 1 aromatic heterocycles. The highest BCUT2D eigenvalue weighted by Gasteiger charge is 2.15. The van der Waals surface area contributed by atoms with E-state index in [1.807, 2.05) is 30.3 Å². The minimum atomic E-state index is -1.18. The molecule has 3 aromatic carbocycles. The van der Waals surface area contributed by atoms with E-state index in [0.717, 1.165) is 0 Å². The normalized spacial score (nSPS) is 11.5. The number of carboxylic acids is 1. The standard InChI is InChI=1S/C25H20F2N2O4/c26-11-12-32-28-23(17-5-4-8-20(13-17)33-19-6-2-1-3-7-19)16-29-15-22(25(30)31)21-14-18(27)9-10-24(21)29/h1-10,13-16,28H,11-12H2,(H,30,31). The zero-order chi connectivity index (χ0) is 23.2. The van der Waals surface area contributed by atoms with Gasteiger partial charge < -0.3 is 14.4 Å². The van der Waals surface area contributed by atoms with Crippen molar-refractivity contribution >= 4 is 28.8 Å². The van der Waals surface area contributed by atoms with Crippen molar-refractivity contribution in [3.8, 4) is 11.5 Å². The lowest BCUT2D eigenvalue weighted by Crippen LogP contribution is -2.15. The molecule has 0 aliphatic rings. The summed E-state index contributed by atoms with van der Waals surface area (Å²) in [6.07, 6.45) is 2.97. The topological polar surface area (TPSA) is 72.7 Å². The van der Waals surface area contributed by atoms with Crippen LogP contribution in [0.4, 0.5) is 8.78 Å². The van der Waals surface area contributed by atoms with Crippen LogP contribution >= 0.6 is 0 Å². The van der Waals surface area contributed by atoms with Crippen LogP contribution in [-0.2, 0) is 4.84 Å². The Morgan fingerprint density at radius 1 is 1.03 bits per heavy atom. The van der Waals surface area contributed by atoms with Gasteiger partial charge in [0, 0.05) is 23.3 Å². The molecule has 0 fully saturated rings. The lowest BCUT2D eigenvalue weighted by molar-refractivity contribution is 0.0675. The quantitative estimate of drug-likeness (QED) is 0.252. The van der Waals surface area contributed by atoms with Crippen molar-refractivity contribution in [1.29, 1.82) is 0 Å². The number of hydrogen-bond donors (Lipinski definition) is 2. The Morgan fingerprint density at radius 2 is 1.82 bits per heavy atom. The molecule has 0 aliphatic carbocycles. The Kier molecular flexibility index (Phi) is 6.66. The molecule has 2 N–H and O–H groups in total. The lowest BCUT2D eigenvalue weighted by Gasteiger charge is -2.13. The van der Waals surface area contributed by atoms with E-state index in [2.05, 4.69) is 5.48 Å². The van der Waals surface area contributed by atoms with E-state index in [9.17, 15) is 18.7 Å². The summed E-state index contributed by atoms with van der Waals surface area (Å²) in [5.41, 5.74) is 4.20. The highest BCUT2D eigenvalue weighted by Crippen LogP contribution is 2.27. The number of benzene rings is 3. The highest BCUT2D eigenvalue weighted by atomic mass is 19.1. The number of carbonyl (C=O) groups is 1. The molecular formula is C25H20F2N2O4. The number of rotatable bonds is 9. The maximum atomic E-state index is 13.7. The van der Waals surface area contributed by atoms with Crippen LogP contribution in [0.3, 0.4) is 0 Å². The van der Waals surface area contributed by atoms with E-state index in [-0.39, 0.29) is 17.6 Å². The van der Waals surface area contributed by atoms with Gasteiger partial charge >= 0.3 is 5.97 Å². The zero-order valence-corrected chi connectivity index (χ0v) is 17.4. The summed E-state index contributed by atoms with van der Waals surface area (Å²) < 4.78 is 33.8. The van der Waals surface area contributed by atoms with Crippen molar-refractivity contribution < 1.29 is 28.3 Å². The molecule has 8 heteroatoms. The summed E-state index contributed by atoms with van der Waals surface area (Å²) in [4.78, 5) is 16.9. The first-order valence-corrected chi connectivity index (χ1v) is 10.1. The Labute approximate surface area is 188 Å². The van der Waals surface area contributed by atoms with Crippen LogP contribution in [0.5, 0.6) is 11.5 Å². The first-order valence-electron chi connectivity index (χ1n) is 10.1. The van der Waals surface area contributed by atoms with Crippen LogP contribution in [-0.4, -0.2) is 28.9 Å². The van der Waals surface area contributed by atoms with E-state index >= 15 is 0 Å². The molecule has 0 saturated carbocycles. The molecule has 6 nitrogen and oxygen atoms in total. The minimum absolute atomic E-state index is 0.0501. The summed E-state index contributed by atoms with van der Waals surface area (Å²) in [7, 11) is 0. The predicted molar refractivity (Wildman–Crippen MR) is 121 cm³/mol. The lowest BCUT2D eigenvalue weighted by atomic mass is 10.1. The van der Waals surface area contributed by atoms with Gasteiger partial charge in [0.25, 0.3) is 0 Å². The van der Waals surface area contributed by atoms with Gasteiger partial charge in [-0.05, 0) is 42.5 Å². The van der Waals surface area contributed by atoms with Gasteiger partial charge in [0.05, 0.1) is 16.8 Å². The molecular weight excluding hydrogens is 430 g/mol. The Balaban J connectivity index is 1.76. The number of para-hydroxylation sites is 1. The number of aromatic nitrogens is 1. The average molecular weight is 450 g/mol. The van der Waals surface area contributed by atoms with Crippen LogP contribution in [0.1, 0.15) is 15.9 Å². The van der Waals surface area contributed by atoms with Gasteiger partial charge in [0.15, 0.2) is 0 Å². The first-order chi connectivity index (χ1) is 16.0. The molecule has 33 heavy (non-hydrogen) atoms. The summed E-state index contributed by atoms with van der Waals surface area (Å²) >= 11 is 0. The molecule has 168 valence electrons. The fraction of sp³-hybridized carbons (Fsp3) is 0.0800. The Bertz CT molecular complexity index is 1300. The molecule has 0 saturated heterocycles. The number of alkyl halides is 1. The number of carboxylic acid groups (broad SMARTS) is 1. The number of aromatic carboxylic acids is 1. The van der Waals surface area contributed by atoms with Crippen LogP contribution in [0.25, 0.3) is 22.8 Å². The summed E-state index contributed by atoms with van der Waals surface area (Å²) in [6.45, 7) is -0.873. The van der Waals surface area contributed by atoms with Gasteiger partial charge in [-0.25, -0.2) is 13.6 Å². The second-order valence-electron chi connectivity index (χ2n) is 7.04. The first kappa shape index (κ1) is 22.0. The molecule has 0 radical (unpaired) electrons. The van der Waals surface area contributed by atoms with Crippen molar-refractivity contribution in [1.82, 2.24) is 10.0 Å². The largest absolute Gasteiger partial charge is 0.478 e. The molecule has 0 spiro atoms. The number of hydroxylamine groups is 1. The molecule has 0 unspecified atom stereocenters. The van der Waals surface area contributed by atoms with Gasteiger partial charge in [-0.1, -0.05) is 30.3 Å². The SMILES string of the molecule is O=C(O)c1cn(C=C(NOCCF)c2cccc(Oc3ccccc3)c2)c2ccc(F)cc12. The van der Waals surface area contributed by atoms with Crippen molar-refractivity contribution in [3.63, 3.8) is 0 Å². The van der Waals surface area contributed by atoms with Crippen molar-refractivity contribution in [2.45, 2.75) is 0 Å². The maximum absolute atomic E-state index is 13.7. The second kappa shape index (κ2) is 9.97. The number of nitrogens with one attached hydrogen (secondary N) is 1. The van der Waals surface area contributed by atoms with Crippen molar-refractivity contribution in [2.24, 2.45) is 0 Å². The van der Waals surface area contributed by atoms with Crippen LogP contribution in [0.15, 0.2) is 79.0 Å². The maximum Gasteiger partial charge on any atom is 0.337 e.